The summed E-state index contributed by atoms with van der Waals surface area (Å²) < 4.78 is 48.4. The van der Waals surface area contributed by atoms with Crippen LogP contribution in [-0.4, -0.2) is 81.9 Å². The van der Waals surface area contributed by atoms with E-state index in [1.54, 1.807) is 4.90 Å². The van der Waals surface area contributed by atoms with E-state index in [1.165, 1.54) is 16.4 Å². The fourth-order valence-corrected chi connectivity index (χ4v) is 4.80. The number of morpholine rings is 1. The molecular formula is C16H22N2O7S. The maximum Gasteiger partial charge on any atom is 0.289 e. The molecule has 3 fully saturated rings. The molecule has 1 aromatic heterocycles. The molecule has 0 N–H and O–H groups in total. The lowest BCUT2D eigenvalue weighted by molar-refractivity contribution is -0.181. The average Bonchev–Trinajstić information content (AvgIpc) is 3.33. The second-order valence-corrected chi connectivity index (χ2v) is 8.40. The summed E-state index contributed by atoms with van der Waals surface area (Å²) in [6.07, 6.45) is 1.19. The molecule has 1 amide bonds. The molecule has 26 heavy (non-hydrogen) atoms. The van der Waals surface area contributed by atoms with Crippen LogP contribution in [-0.2, 0) is 24.2 Å². The van der Waals surface area contributed by atoms with Crippen LogP contribution in [0.3, 0.4) is 0 Å². The summed E-state index contributed by atoms with van der Waals surface area (Å²) in [5.74, 6) is -0.854. The lowest BCUT2D eigenvalue weighted by Crippen LogP contribution is -2.47. The predicted molar refractivity (Wildman–Crippen MR) is 88.1 cm³/mol. The van der Waals surface area contributed by atoms with Gasteiger partial charge in [0, 0.05) is 39.0 Å². The fraction of sp³-hybridized carbons (Fsp3) is 0.688. The first-order chi connectivity index (χ1) is 12.5. The Hall–Kier alpha value is -1.46. The van der Waals surface area contributed by atoms with Crippen molar-refractivity contribution < 1.29 is 31.8 Å². The smallest absolute Gasteiger partial charge is 0.289 e. The summed E-state index contributed by atoms with van der Waals surface area (Å²) in [7, 11) is -3.75. The first-order valence-electron chi connectivity index (χ1n) is 8.75. The van der Waals surface area contributed by atoms with Crippen molar-refractivity contribution in [3.63, 3.8) is 0 Å². The third-order valence-electron chi connectivity index (χ3n) is 4.98. The molecule has 0 aliphatic carbocycles. The highest BCUT2D eigenvalue weighted by Gasteiger charge is 2.41. The Morgan fingerprint density at radius 3 is 2.27 bits per heavy atom. The zero-order valence-electron chi connectivity index (χ0n) is 14.4. The van der Waals surface area contributed by atoms with Crippen LogP contribution in [0.15, 0.2) is 21.6 Å². The minimum absolute atomic E-state index is 0.0287. The summed E-state index contributed by atoms with van der Waals surface area (Å²) in [4.78, 5) is 14.3. The standard InChI is InChI=1S/C16H22N2O7S/c19-15(17-5-3-16(4-6-17)23-11-12-24-16)13-1-2-14(25-13)26(20,21)18-7-9-22-10-8-18/h1-2H,3-12H2. The number of likely N-dealkylation sites (tertiary alicyclic amines) is 1. The SMILES string of the molecule is O=C(c1ccc(S(=O)(=O)N2CCOCC2)o1)N1CCC2(CC1)OCCO2. The number of sulfonamides is 1. The van der Waals surface area contributed by atoms with Crippen molar-refractivity contribution >= 4 is 15.9 Å². The molecule has 4 heterocycles. The van der Waals surface area contributed by atoms with Gasteiger partial charge in [0.05, 0.1) is 26.4 Å². The molecule has 1 aromatic rings. The Morgan fingerprint density at radius 1 is 0.962 bits per heavy atom. The van der Waals surface area contributed by atoms with Gasteiger partial charge in [-0.05, 0) is 12.1 Å². The summed E-state index contributed by atoms with van der Waals surface area (Å²) in [5.41, 5.74) is 0. The van der Waals surface area contributed by atoms with Crippen LogP contribution in [0, 0.1) is 0 Å². The molecule has 0 atom stereocenters. The van der Waals surface area contributed by atoms with Gasteiger partial charge in [0.2, 0.25) is 5.09 Å². The van der Waals surface area contributed by atoms with Gasteiger partial charge in [0.25, 0.3) is 15.9 Å². The lowest BCUT2D eigenvalue weighted by atomic mass is 10.0. The molecule has 0 radical (unpaired) electrons. The number of hydrogen-bond acceptors (Lipinski definition) is 7. The van der Waals surface area contributed by atoms with Crippen LogP contribution in [0.5, 0.6) is 0 Å². The van der Waals surface area contributed by atoms with E-state index in [2.05, 4.69) is 0 Å². The van der Waals surface area contributed by atoms with E-state index in [4.69, 9.17) is 18.6 Å². The van der Waals surface area contributed by atoms with Crippen LogP contribution in [0.2, 0.25) is 0 Å². The zero-order valence-corrected chi connectivity index (χ0v) is 15.2. The molecule has 0 aromatic carbocycles. The van der Waals surface area contributed by atoms with Crippen LogP contribution < -0.4 is 0 Å². The minimum atomic E-state index is -3.75. The maximum atomic E-state index is 12.6. The van der Waals surface area contributed by atoms with E-state index in [0.717, 1.165) is 0 Å². The number of amides is 1. The van der Waals surface area contributed by atoms with Crippen molar-refractivity contribution in [3.05, 3.63) is 17.9 Å². The second kappa shape index (κ2) is 6.93. The highest BCUT2D eigenvalue weighted by Crippen LogP contribution is 2.32. The Morgan fingerprint density at radius 2 is 1.62 bits per heavy atom. The van der Waals surface area contributed by atoms with Gasteiger partial charge < -0.3 is 23.5 Å². The largest absolute Gasteiger partial charge is 0.438 e. The molecule has 144 valence electrons. The molecule has 0 unspecified atom stereocenters. The third-order valence-corrected chi connectivity index (χ3v) is 6.76. The van der Waals surface area contributed by atoms with Crippen molar-refractivity contribution in [1.82, 2.24) is 9.21 Å². The number of carbonyl (C=O) groups is 1. The Balaban J connectivity index is 1.43. The number of carbonyl (C=O) groups excluding carboxylic acids is 1. The molecule has 10 heteroatoms. The number of furan rings is 1. The van der Waals surface area contributed by atoms with Crippen molar-refractivity contribution in [2.45, 2.75) is 23.7 Å². The van der Waals surface area contributed by atoms with Crippen molar-refractivity contribution in [3.8, 4) is 0 Å². The average molecular weight is 386 g/mol. The normalized spacial score (nSPS) is 24.2. The highest BCUT2D eigenvalue weighted by atomic mass is 32.2. The van der Waals surface area contributed by atoms with Gasteiger partial charge >= 0.3 is 0 Å². The van der Waals surface area contributed by atoms with E-state index < -0.39 is 15.8 Å². The fourth-order valence-electron chi connectivity index (χ4n) is 3.48. The van der Waals surface area contributed by atoms with Gasteiger partial charge in [0.15, 0.2) is 11.5 Å². The quantitative estimate of drug-likeness (QED) is 0.736. The molecule has 0 saturated carbocycles. The summed E-state index contributed by atoms with van der Waals surface area (Å²) in [6, 6.07) is 2.76. The number of nitrogens with zero attached hydrogens (tertiary/aromatic N) is 2. The van der Waals surface area contributed by atoms with Crippen molar-refractivity contribution in [1.29, 1.82) is 0 Å². The van der Waals surface area contributed by atoms with Gasteiger partial charge in [-0.2, -0.15) is 4.31 Å². The van der Waals surface area contributed by atoms with Crippen molar-refractivity contribution in [2.75, 3.05) is 52.6 Å². The molecule has 3 saturated heterocycles. The van der Waals surface area contributed by atoms with Crippen LogP contribution in [0.25, 0.3) is 0 Å². The van der Waals surface area contributed by atoms with E-state index in [-0.39, 0.29) is 29.8 Å². The minimum Gasteiger partial charge on any atom is -0.438 e. The van der Waals surface area contributed by atoms with Gasteiger partial charge in [0.1, 0.15) is 0 Å². The van der Waals surface area contributed by atoms with E-state index in [0.29, 0.717) is 52.4 Å². The molecular weight excluding hydrogens is 364 g/mol. The zero-order chi connectivity index (χ0) is 18.2. The van der Waals surface area contributed by atoms with Crippen molar-refractivity contribution in [2.24, 2.45) is 0 Å². The second-order valence-electron chi connectivity index (χ2n) is 6.53. The Kier molecular flexibility index (Phi) is 4.78. The van der Waals surface area contributed by atoms with E-state index in [9.17, 15) is 13.2 Å². The first-order valence-corrected chi connectivity index (χ1v) is 10.2. The summed E-state index contributed by atoms with van der Waals surface area (Å²) in [5, 5.41) is -0.210. The van der Waals surface area contributed by atoms with Gasteiger partial charge in [-0.15, -0.1) is 0 Å². The maximum absolute atomic E-state index is 12.6. The predicted octanol–water partition coefficient (Wildman–Crippen LogP) is 0.280. The molecule has 4 rings (SSSR count). The van der Waals surface area contributed by atoms with Gasteiger partial charge in [-0.1, -0.05) is 0 Å². The summed E-state index contributed by atoms with van der Waals surface area (Å²) >= 11 is 0. The molecule has 3 aliphatic rings. The molecule has 3 aliphatic heterocycles. The van der Waals surface area contributed by atoms with Crippen LogP contribution >= 0.6 is 0 Å². The number of hydrogen-bond donors (Lipinski definition) is 0. The number of ether oxygens (including phenoxy) is 3. The Labute approximate surface area is 151 Å². The summed E-state index contributed by atoms with van der Waals surface area (Å²) in [6.45, 7) is 3.37. The number of rotatable bonds is 3. The lowest BCUT2D eigenvalue weighted by Gasteiger charge is -2.37. The monoisotopic (exact) mass is 386 g/mol. The van der Waals surface area contributed by atoms with Gasteiger partial charge in [-0.3, -0.25) is 4.79 Å². The molecule has 0 bridgehead atoms. The van der Waals surface area contributed by atoms with E-state index >= 15 is 0 Å². The molecule has 1 spiro atoms. The van der Waals surface area contributed by atoms with E-state index in [1.807, 2.05) is 0 Å². The number of piperidine rings is 1. The van der Waals surface area contributed by atoms with Gasteiger partial charge in [-0.25, -0.2) is 8.42 Å². The first kappa shape index (κ1) is 17.9. The highest BCUT2D eigenvalue weighted by molar-refractivity contribution is 7.89. The Bertz CT molecular complexity index is 753. The van der Waals surface area contributed by atoms with Crippen LogP contribution in [0.1, 0.15) is 23.4 Å². The van der Waals surface area contributed by atoms with Crippen LogP contribution in [0.4, 0.5) is 0 Å². The topological polar surface area (TPSA) is 98.5 Å². The third kappa shape index (κ3) is 3.27. The molecule has 9 nitrogen and oxygen atoms in total.